The third-order valence-corrected chi connectivity index (χ3v) is 4.18. The summed E-state index contributed by atoms with van der Waals surface area (Å²) < 4.78 is 1.09. The minimum Gasteiger partial charge on any atom is -0.409 e. The number of oxime groups is 1. The summed E-state index contributed by atoms with van der Waals surface area (Å²) in [6.45, 7) is 1.37. The van der Waals surface area contributed by atoms with Crippen LogP contribution in [0.3, 0.4) is 0 Å². The van der Waals surface area contributed by atoms with E-state index in [1.165, 1.54) is 4.88 Å². The first kappa shape index (κ1) is 14.0. The number of nitrogens with one attached hydrogen (secondary N) is 1. The smallest absolute Gasteiger partial charge is 0.189 e. The van der Waals surface area contributed by atoms with Crippen LogP contribution in [0.15, 0.2) is 39.4 Å². The zero-order valence-electron chi connectivity index (χ0n) is 10.0. The van der Waals surface area contributed by atoms with E-state index in [9.17, 15) is 0 Å². The Morgan fingerprint density at radius 2 is 2.37 bits per heavy atom. The molecule has 19 heavy (non-hydrogen) atoms. The maximum Gasteiger partial charge on any atom is 0.189 e. The molecule has 0 spiro atoms. The Morgan fingerprint density at radius 1 is 1.53 bits per heavy atom. The fraction of sp³-hybridized carbons (Fsp3) is 0.167. The van der Waals surface area contributed by atoms with Gasteiger partial charge in [0.2, 0.25) is 0 Å². The Labute approximate surface area is 123 Å². The Balaban J connectivity index is 2.00. The van der Waals surface area contributed by atoms with Crippen LogP contribution in [0.2, 0.25) is 0 Å². The summed E-state index contributed by atoms with van der Waals surface area (Å²) >= 11 is 5.11. The summed E-state index contributed by atoms with van der Waals surface area (Å²) in [7, 11) is 0. The van der Waals surface area contributed by atoms with E-state index in [1.54, 1.807) is 17.5 Å². The lowest BCUT2D eigenvalue weighted by Gasteiger charge is -2.07. The quantitative estimate of drug-likeness (QED) is 0.337. The third kappa shape index (κ3) is 3.76. The molecular formula is C12H13BrN4OS. The molecule has 5 nitrogen and oxygen atoms in total. The normalized spacial score (nSPS) is 11.7. The Kier molecular flexibility index (Phi) is 4.89. The molecule has 0 amide bonds. The number of hydrogen-bond acceptors (Lipinski definition) is 5. The van der Waals surface area contributed by atoms with Crippen molar-refractivity contribution in [1.82, 2.24) is 10.3 Å². The molecule has 0 aromatic carbocycles. The summed E-state index contributed by atoms with van der Waals surface area (Å²) in [6, 6.07) is 5.80. The molecule has 0 aliphatic rings. The summed E-state index contributed by atoms with van der Waals surface area (Å²) in [6.07, 6.45) is 1.62. The zero-order valence-corrected chi connectivity index (χ0v) is 12.4. The van der Waals surface area contributed by atoms with Crippen LogP contribution < -0.4 is 11.1 Å². The molecule has 0 saturated carbocycles. The van der Waals surface area contributed by atoms with Gasteiger partial charge in [0, 0.05) is 34.0 Å². The highest BCUT2D eigenvalue weighted by atomic mass is 79.9. The minimum absolute atomic E-state index is 0.0243. The van der Waals surface area contributed by atoms with E-state index < -0.39 is 0 Å². The molecule has 2 aromatic heterocycles. The first-order valence-corrected chi connectivity index (χ1v) is 7.23. The number of pyridine rings is 1. The van der Waals surface area contributed by atoms with E-state index >= 15 is 0 Å². The summed E-state index contributed by atoms with van der Waals surface area (Å²) in [5, 5.41) is 17.1. The molecule has 0 fully saturated rings. The minimum atomic E-state index is 0.0243. The van der Waals surface area contributed by atoms with Crippen molar-refractivity contribution >= 4 is 33.1 Å². The van der Waals surface area contributed by atoms with Crippen LogP contribution in [-0.4, -0.2) is 16.0 Å². The van der Waals surface area contributed by atoms with Gasteiger partial charge in [-0.15, -0.1) is 11.3 Å². The van der Waals surface area contributed by atoms with Crippen molar-refractivity contribution in [3.8, 4) is 0 Å². The average Bonchev–Trinajstić information content (AvgIpc) is 2.84. The lowest BCUT2D eigenvalue weighted by Crippen LogP contribution is -2.21. The second-order valence-corrected chi connectivity index (χ2v) is 5.74. The van der Waals surface area contributed by atoms with E-state index in [1.807, 2.05) is 17.5 Å². The Bertz CT molecular complexity index is 585. The van der Waals surface area contributed by atoms with Gasteiger partial charge in [-0.3, -0.25) is 4.98 Å². The summed E-state index contributed by atoms with van der Waals surface area (Å²) in [5.41, 5.74) is 6.99. The first-order chi connectivity index (χ1) is 9.20. The zero-order chi connectivity index (χ0) is 13.7. The molecule has 0 bridgehead atoms. The van der Waals surface area contributed by atoms with Crippen LogP contribution in [0.1, 0.15) is 16.1 Å². The number of hydrogen-bond donors (Lipinski definition) is 3. The monoisotopic (exact) mass is 340 g/mol. The molecule has 0 unspecified atom stereocenters. The van der Waals surface area contributed by atoms with E-state index in [2.05, 4.69) is 37.5 Å². The van der Waals surface area contributed by atoms with Crippen molar-refractivity contribution in [2.24, 2.45) is 10.9 Å². The molecule has 100 valence electrons. The van der Waals surface area contributed by atoms with Gasteiger partial charge in [-0.25, -0.2) is 0 Å². The maximum absolute atomic E-state index is 8.72. The molecule has 2 heterocycles. The van der Waals surface area contributed by atoms with Gasteiger partial charge in [0.15, 0.2) is 5.84 Å². The fourth-order valence-electron chi connectivity index (χ4n) is 1.63. The largest absolute Gasteiger partial charge is 0.409 e. The molecule has 2 aromatic rings. The van der Waals surface area contributed by atoms with E-state index in [-0.39, 0.29) is 5.84 Å². The van der Waals surface area contributed by atoms with Crippen molar-refractivity contribution in [2.75, 3.05) is 0 Å². The second-order valence-electron chi connectivity index (χ2n) is 3.83. The number of nitrogens with two attached hydrogens (primary N) is 1. The van der Waals surface area contributed by atoms with Crippen molar-refractivity contribution < 1.29 is 5.21 Å². The van der Waals surface area contributed by atoms with Gasteiger partial charge in [-0.1, -0.05) is 11.2 Å². The van der Waals surface area contributed by atoms with Crippen LogP contribution in [0.4, 0.5) is 0 Å². The van der Waals surface area contributed by atoms with Crippen LogP contribution in [0.5, 0.6) is 0 Å². The molecule has 2 rings (SSSR count). The van der Waals surface area contributed by atoms with Crippen molar-refractivity contribution in [3.05, 3.63) is 50.4 Å². The molecule has 4 N–H and O–H groups in total. The molecule has 0 radical (unpaired) electrons. The van der Waals surface area contributed by atoms with Crippen molar-refractivity contribution in [2.45, 2.75) is 13.1 Å². The van der Waals surface area contributed by atoms with E-state index in [4.69, 9.17) is 10.9 Å². The van der Waals surface area contributed by atoms with Crippen LogP contribution >= 0.6 is 27.3 Å². The van der Waals surface area contributed by atoms with Gasteiger partial charge in [-0.2, -0.15) is 0 Å². The van der Waals surface area contributed by atoms with Gasteiger partial charge < -0.3 is 16.3 Å². The third-order valence-electron chi connectivity index (χ3n) is 2.48. The number of aromatic nitrogens is 1. The summed E-state index contributed by atoms with van der Waals surface area (Å²) in [4.78, 5) is 5.36. The Hall–Kier alpha value is -1.44. The topological polar surface area (TPSA) is 83.5 Å². The van der Waals surface area contributed by atoms with Gasteiger partial charge in [0.25, 0.3) is 0 Å². The molecular weight excluding hydrogens is 328 g/mol. The lowest BCUT2D eigenvalue weighted by molar-refractivity contribution is 0.318. The molecule has 0 aliphatic carbocycles. The SMILES string of the molecule is NC(=NO)c1ncccc1CNCc1cc(Br)cs1. The van der Waals surface area contributed by atoms with Crippen LogP contribution in [0, 0.1) is 0 Å². The second kappa shape index (κ2) is 6.65. The number of thiophene rings is 1. The highest BCUT2D eigenvalue weighted by molar-refractivity contribution is 9.10. The highest BCUT2D eigenvalue weighted by Crippen LogP contribution is 2.19. The lowest BCUT2D eigenvalue weighted by atomic mass is 10.2. The van der Waals surface area contributed by atoms with Crippen LogP contribution in [0.25, 0.3) is 0 Å². The predicted molar refractivity (Wildman–Crippen MR) is 79.3 cm³/mol. The number of nitrogens with zero attached hydrogens (tertiary/aromatic N) is 2. The van der Waals surface area contributed by atoms with E-state index in [0.717, 1.165) is 16.6 Å². The van der Waals surface area contributed by atoms with Gasteiger partial charge in [-0.05, 0) is 33.6 Å². The van der Waals surface area contributed by atoms with E-state index in [0.29, 0.717) is 12.2 Å². The van der Waals surface area contributed by atoms with Crippen molar-refractivity contribution in [3.63, 3.8) is 0 Å². The van der Waals surface area contributed by atoms with Crippen molar-refractivity contribution in [1.29, 1.82) is 0 Å². The summed E-state index contributed by atoms with van der Waals surface area (Å²) in [5.74, 6) is 0.0243. The number of amidine groups is 1. The van der Waals surface area contributed by atoms with Gasteiger partial charge in [0.05, 0.1) is 0 Å². The number of rotatable bonds is 5. The molecule has 7 heteroatoms. The van der Waals surface area contributed by atoms with Crippen LogP contribution in [-0.2, 0) is 13.1 Å². The number of halogens is 1. The highest BCUT2D eigenvalue weighted by Gasteiger charge is 2.07. The maximum atomic E-state index is 8.72. The standard InChI is InChI=1S/C12H13BrN4OS/c13-9-4-10(19-7-9)6-15-5-8-2-1-3-16-11(8)12(14)17-18/h1-4,7,15,18H,5-6H2,(H2,14,17). The Morgan fingerprint density at radius 3 is 3.05 bits per heavy atom. The molecule has 0 saturated heterocycles. The van der Waals surface area contributed by atoms with Gasteiger partial charge >= 0.3 is 0 Å². The fourth-order valence-corrected chi connectivity index (χ4v) is 3.05. The van der Waals surface area contributed by atoms with Gasteiger partial charge in [0.1, 0.15) is 5.69 Å². The average molecular weight is 341 g/mol. The predicted octanol–water partition coefficient (Wildman–Crippen LogP) is 2.29. The molecule has 0 atom stereocenters. The first-order valence-electron chi connectivity index (χ1n) is 5.56. The molecule has 0 aliphatic heterocycles.